The lowest BCUT2D eigenvalue weighted by atomic mass is 10.0. The summed E-state index contributed by atoms with van der Waals surface area (Å²) >= 11 is 0. The molecular weight excluding hydrogens is 394 g/mol. The molecule has 0 aromatic carbocycles. The van der Waals surface area contributed by atoms with Gasteiger partial charge < -0.3 is 14.4 Å². The molecule has 10 nitrogen and oxygen atoms in total. The fraction of sp³-hybridized carbons (Fsp3) is 0.650. The summed E-state index contributed by atoms with van der Waals surface area (Å²) in [5.74, 6) is -1.14. The minimum atomic E-state index is -0.908. The van der Waals surface area contributed by atoms with Crippen molar-refractivity contribution in [2.75, 3.05) is 18.1 Å². The Balaban J connectivity index is 2.51. The molecule has 0 saturated carbocycles. The van der Waals surface area contributed by atoms with Gasteiger partial charge in [-0.2, -0.15) is 0 Å². The largest absolute Gasteiger partial charge is 0.464 e. The zero-order valence-electron chi connectivity index (χ0n) is 18.1. The van der Waals surface area contributed by atoms with Gasteiger partial charge in [0, 0.05) is 12.2 Å². The van der Waals surface area contributed by atoms with Crippen molar-refractivity contribution in [3.05, 3.63) is 32.2 Å². The van der Waals surface area contributed by atoms with Crippen LogP contribution in [0.3, 0.4) is 0 Å². The van der Waals surface area contributed by atoms with E-state index in [9.17, 15) is 24.5 Å². The van der Waals surface area contributed by atoms with Crippen molar-refractivity contribution < 1.29 is 24.0 Å². The molecule has 1 aliphatic heterocycles. The van der Waals surface area contributed by atoms with Crippen LogP contribution in [0, 0.1) is 17.0 Å². The summed E-state index contributed by atoms with van der Waals surface area (Å²) in [5.41, 5.74) is -1.89. The second kappa shape index (κ2) is 9.27. The smallest absolute Gasteiger partial charge is 0.357 e. The third-order valence-electron chi connectivity index (χ3n) is 4.72. The summed E-state index contributed by atoms with van der Waals surface area (Å²) in [6.07, 6.45) is 1.99. The SMILES string of the molecule is CCOC(=O)C1CCCCN1c1cc(C)n(CC(=O)OC(C)(C)C)c(=O)c1[N+](=O)[O-]. The number of ether oxygens (including phenoxy) is 2. The van der Waals surface area contributed by atoms with Gasteiger partial charge >= 0.3 is 23.2 Å². The molecule has 1 unspecified atom stereocenters. The summed E-state index contributed by atoms with van der Waals surface area (Å²) in [6, 6.07) is 0.777. The number of aryl methyl sites for hydroxylation is 1. The molecule has 1 aromatic heterocycles. The summed E-state index contributed by atoms with van der Waals surface area (Å²) in [4.78, 5) is 50.2. The van der Waals surface area contributed by atoms with Gasteiger partial charge in [-0.05, 0) is 59.9 Å². The summed E-state index contributed by atoms with van der Waals surface area (Å²) in [7, 11) is 0. The molecule has 2 heterocycles. The van der Waals surface area contributed by atoms with Crippen LogP contribution in [0.2, 0.25) is 0 Å². The second-order valence-electron chi connectivity index (χ2n) is 8.21. The van der Waals surface area contributed by atoms with Crippen LogP contribution in [0.5, 0.6) is 0 Å². The van der Waals surface area contributed by atoms with Gasteiger partial charge in [0.25, 0.3) is 0 Å². The van der Waals surface area contributed by atoms with Crippen LogP contribution in [0.1, 0.15) is 52.7 Å². The maximum atomic E-state index is 13.0. The number of anilines is 1. The van der Waals surface area contributed by atoms with E-state index in [1.54, 1.807) is 39.5 Å². The van der Waals surface area contributed by atoms with Crippen molar-refractivity contribution in [3.8, 4) is 0 Å². The zero-order valence-corrected chi connectivity index (χ0v) is 18.1. The maximum absolute atomic E-state index is 13.0. The number of aromatic nitrogens is 1. The molecule has 0 N–H and O–H groups in total. The second-order valence-corrected chi connectivity index (χ2v) is 8.21. The van der Waals surface area contributed by atoms with Crippen LogP contribution in [0.15, 0.2) is 10.9 Å². The minimum Gasteiger partial charge on any atom is -0.464 e. The number of nitrogens with zero attached hydrogens (tertiary/aromatic N) is 3. The third kappa shape index (κ3) is 5.37. The number of pyridine rings is 1. The maximum Gasteiger partial charge on any atom is 0.357 e. The van der Waals surface area contributed by atoms with Crippen molar-refractivity contribution in [3.63, 3.8) is 0 Å². The highest BCUT2D eigenvalue weighted by molar-refractivity contribution is 5.82. The molecule has 1 fully saturated rings. The molecule has 0 aliphatic carbocycles. The van der Waals surface area contributed by atoms with Gasteiger partial charge in [-0.25, -0.2) is 4.79 Å². The average molecular weight is 423 g/mol. The number of piperidine rings is 1. The van der Waals surface area contributed by atoms with Crippen molar-refractivity contribution in [2.24, 2.45) is 0 Å². The van der Waals surface area contributed by atoms with E-state index in [4.69, 9.17) is 9.47 Å². The van der Waals surface area contributed by atoms with Crippen molar-refractivity contribution in [1.29, 1.82) is 0 Å². The van der Waals surface area contributed by atoms with Crippen LogP contribution >= 0.6 is 0 Å². The molecule has 166 valence electrons. The van der Waals surface area contributed by atoms with E-state index in [2.05, 4.69) is 0 Å². The van der Waals surface area contributed by atoms with Crippen LogP contribution in [-0.4, -0.2) is 46.2 Å². The van der Waals surface area contributed by atoms with Gasteiger partial charge in [-0.15, -0.1) is 0 Å². The van der Waals surface area contributed by atoms with E-state index in [0.29, 0.717) is 18.7 Å². The Bertz CT molecular complexity index is 886. The van der Waals surface area contributed by atoms with Gasteiger partial charge in [-0.1, -0.05) is 0 Å². The van der Waals surface area contributed by atoms with E-state index in [1.165, 1.54) is 6.07 Å². The molecule has 1 atom stereocenters. The third-order valence-corrected chi connectivity index (χ3v) is 4.72. The topological polar surface area (TPSA) is 121 Å². The monoisotopic (exact) mass is 423 g/mol. The van der Waals surface area contributed by atoms with Crippen LogP contribution < -0.4 is 10.5 Å². The molecule has 1 aliphatic rings. The Hall–Kier alpha value is -2.91. The first-order chi connectivity index (χ1) is 14.0. The molecule has 0 spiro atoms. The Morgan fingerprint density at radius 2 is 1.97 bits per heavy atom. The highest BCUT2D eigenvalue weighted by Gasteiger charge is 2.36. The number of carbonyl (C=O) groups is 2. The Morgan fingerprint density at radius 1 is 1.30 bits per heavy atom. The molecule has 0 amide bonds. The van der Waals surface area contributed by atoms with Gasteiger partial charge in [0.05, 0.1) is 11.5 Å². The number of carbonyl (C=O) groups excluding carboxylic acids is 2. The lowest BCUT2D eigenvalue weighted by Crippen LogP contribution is -2.46. The first-order valence-corrected chi connectivity index (χ1v) is 10.00. The van der Waals surface area contributed by atoms with E-state index >= 15 is 0 Å². The first-order valence-electron chi connectivity index (χ1n) is 10.00. The van der Waals surface area contributed by atoms with E-state index < -0.39 is 46.3 Å². The van der Waals surface area contributed by atoms with E-state index in [-0.39, 0.29) is 12.3 Å². The van der Waals surface area contributed by atoms with Gasteiger partial charge in [0.2, 0.25) is 0 Å². The summed E-state index contributed by atoms with van der Waals surface area (Å²) in [6.45, 7) is 8.50. The fourth-order valence-electron chi connectivity index (χ4n) is 3.54. The standard InChI is InChI=1S/C20H29N3O7/c1-6-29-19(26)14-9-7-8-10-21(14)15-11-13(2)22(18(25)17(15)23(27)28)12-16(24)30-20(3,4)5/h11,14H,6-10,12H2,1-5H3. The molecule has 30 heavy (non-hydrogen) atoms. The van der Waals surface area contributed by atoms with Gasteiger partial charge in [-0.3, -0.25) is 24.3 Å². The molecular formula is C20H29N3O7. The number of rotatable bonds is 6. The highest BCUT2D eigenvalue weighted by atomic mass is 16.6. The Labute approximate surface area is 174 Å². The lowest BCUT2D eigenvalue weighted by Gasteiger charge is -2.35. The first kappa shape index (κ1) is 23.4. The zero-order chi connectivity index (χ0) is 22.6. The van der Waals surface area contributed by atoms with Crippen LogP contribution in [-0.2, 0) is 25.6 Å². The summed E-state index contributed by atoms with van der Waals surface area (Å²) < 4.78 is 11.4. The van der Waals surface area contributed by atoms with Gasteiger partial charge in [0.15, 0.2) is 0 Å². The molecule has 1 aromatic rings. The molecule has 10 heteroatoms. The predicted molar refractivity (Wildman–Crippen MR) is 110 cm³/mol. The van der Waals surface area contributed by atoms with Gasteiger partial charge in [0.1, 0.15) is 23.9 Å². The predicted octanol–water partition coefficient (Wildman–Crippen LogP) is 2.33. The van der Waals surface area contributed by atoms with Crippen LogP contribution in [0.4, 0.5) is 11.4 Å². The number of hydrogen-bond donors (Lipinski definition) is 0. The molecule has 0 bridgehead atoms. The minimum absolute atomic E-state index is 0.0701. The van der Waals surface area contributed by atoms with Crippen molar-refractivity contribution in [2.45, 2.75) is 72.1 Å². The molecule has 1 saturated heterocycles. The Kier molecular flexibility index (Phi) is 7.22. The quantitative estimate of drug-likeness (QED) is 0.388. The normalized spacial score (nSPS) is 16.8. The number of hydrogen-bond acceptors (Lipinski definition) is 8. The fourth-order valence-corrected chi connectivity index (χ4v) is 3.54. The summed E-state index contributed by atoms with van der Waals surface area (Å²) in [5, 5.41) is 11.8. The van der Waals surface area contributed by atoms with E-state index in [0.717, 1.165) is 17.4 Å². The van der Waals surface area contributed by atoms with Crippen LogP contribution in [0.25, 0.3) is 0 Å². The average Bonchev–Trinajstić information content (AvgIpc) is 2.63. The highest BCUT2D eigenvalue weighted by Crippen LogP contribution is 2.32. The van der Waals surface area contributed by atoms with Crippen molar-refractivity contribution >= 4 is 23.3 Å². The number of nitro groups is 1. The number of esters is 2. The van der Waals surface area contributed by atoms with Crippen molar-refractivity contribution in [1.82, 2.24) is 4.57 Å². The molecule has 0 radical (unpaired) electrons. The lowest BCUT2D eigenvalue weighted by molar-refractivity contribution is -0.385. The molecule has 2 rings (SSSR count). The Morgan fingerprint density at radius 3 is 2.53 bits per heavy atom. The van der Waals surface area contributed by atoms with E-state index in [1.807, 2.05) is 0 Å².